The highest BCUT2D eigenvalue weighted by Crippen LogP contribution is 2.29. The van der Waals surface area contributed by atoms with E-state index in [1.165, 1.54) is 6.20 Å². The van der Waals surface area contributed by atoms with E-state index in [4.69, 9.17) is 27.5 Å². The molecule has 0 saturated carbocycles. The van der Waals surface area contributed by atoms with Gasteiger partial charge < -0.3 is 10.5 Å². The lowest BCUT2D eigenvalue weighted by molar-refractivity contribution is 0.463. The van der Waals surface area contributed by atoms with Crippen LogP contribution in [0.4, 0.5) is 0 Å². The minimum atomic E-state index is -0.114. The molecule has 2 rings (SSSR count). The van der Waals surface area contributed by atoms with Gasteiger partial charge in [0.05, 0.1) is 0 Å². The third-order valence-corrected chi connectivity index (χ3v) is 2.72. The molecule has 5 heteroatoms. The van der Waals surface area contributed by atoms with Crippen molar-refractivity contribution in [2.24, 2.45) is 5.73 Å². The molecule has 1 heterocycles. The highest BCUT2D eigenvalue weighted by atomic mass is 35.5. The molecule has 18 heavy (non-hydrogen) atoms. The Labute approximate surface area is 110 Å². The minimum absolute atomic E-state index is 0.114. The highest BCUT2D eigenvalue weighted by Gasteiger charge is 2.11. The number of pyridine rings is 1. The molecule has 0 aliphatic heterocycles. The number of amidine groups is 1. The number of rotatable bonds is 3. The van der Waals surface area contributed by atoms with Gasteiger partial charge in [0, 0.05) is 11.8 Å². The highest BCUT2D eigenvalue weighted by molar-refractivity contribution is 6.35. The molecule has 2 aromatic rings. The quantitative estimate of drug-likeness (QED) is 0.659. The third-order valence-electron chi connectivity index (χ3n) is 2.35. The smallest absolute Gasteiger partial charge is 0.238 e. The van der Waals surface area contributed by atoms with Crippen molar-refractivity contribution in [3.63, 3.8) is 0 Å². The lowest BCUT2D eigenvalue weighted by Crippen LogP contribution is -2.12. The van der Waals surface area contributed by atoms with Crippen LogP contribution >= 0.6 is 11.6 Å². The molecule has 1 aromatic carbocycles. The predicted molar refractivity (Wildman–Crippen MR) is 71.5 cm³/mol. The Kier molecular flexibility index (Phi) is 3.48. The van der Waals surface area contributed by atoms with E-state index < -0.39 is 0 Å². The molecular formula is C13H12ClN3O. The standard InChI is InChI=1S/C13H12ClN3O/c1-8-3-2-4-9(7-8)18-13-11(14)10(12(15)16)5-6-17-13/h2-7H,1H3,(H3,15,16). The van der Waals surface area contributed by atoms with E-state index in [2.05, 4.69) is 4.98 Å². The minimum Gasteiger partial charge on any atom is -0.438 e. The maximum absolute atomic E-state index is 7.40. The second-order valence-electron chi connectivity index (χ2n) is 3.81. The lowest BCUT2D eigenvalue weighted by Gasteiger charge is -2.09. The monoisotopic (exact) mass is 261 g/mol. The number of aryl methyl sites for hydroxylation is 1. The van der Waals surface area contributed by atoms with Crippen molar-refractivity contribution in [2.75, 3.05) is 0 Å². The number of nitrogens with one attached hydrogen (secondary N) is 1. The Balaban J connectivity index is 2.35. The second kappa shape index (κ2) is 5.06. The first kappa shape index (κ1) is 12.4. The van der Waals surface area contributed by atoms with E-state index in [-0.39, 0.29) is 16.7 Å². The van der Waals surface area contributed by atoms with Crippen LogP contribution in [0.1, 0.15) is 11.1 Å². The van der Waals surface area contributed by atoms with Crippen molar-refractivity contribution in [1.82, 2.24) is 4.98 Å². The number of benzene rings is 1. The lowest BCUT2D eigenvalue weighted by atomic mass is 10.2. The summed E-state index contributed by atoms with van der Waals surface area (Å²) in [6.45, 7) is 1.97. The summed E-state index contributed by atoms with van der Waals surface area (Å²) in [4.78, 5) is 4.04. The Morgan fingerprint density at radius 3 is 2.83 bits per heavy atom. The van der Waals surface area contributed by atoms with Crippen LogP contribution in [0.25, 0.3) is 0 Å². The molecular weight excluding hydrogens is 250 g/mol. The average Bonchev–Trinajstić information content (AvgIpc) is 2.31. The molecule has 0 aliphatic rings. The first-order valence-corrected chi connectivity index (χ1v) is 5.69. The summed E-state index contributed by atoms with van der Waals surface area (Å²) in [6, 6.07) is 9.11. The SMILES string of the molecule is Cc1cccc(Oc2nccc(C(=N)N)c2Cl)c1. The summed E-state index contributed by atoms with van der Waals surface area (Å²) in [6.07, 6.45) is 1.51. The molecule has 92 valence electrons. The Bertz CT molecular complexity index is 599. The molecule has 0 fully saturated rings. The van der Waals surface area contributed by atoms with Crippen molar-refractivity contribution in [1.29, 1.82) is 5.41 Å². The summed E-state index contributed by atoms with van der Waals surface area (Å²) in [7, 11) is 0. The molecule has 0 spiro atoms. The molecule has 0 atom stereocenters. The molecule has 0 aliphatic carbocycles. The number of nitrogens with zero attached hydrogens (tertiary/aromatic N) is 1. The largest absolute Gasteiger partial charge is 0.438 e. The van der Waals surface area contributed by atoms with Gasteiger partial charge in [-0.15, -0.1) is 0 Å². The summed E-state index contributed by atoms with van der Waals surface area (Å²) in [5.41, 5.74) is 6.90. The van der Waals surface area contributed by atoms with Crippen molar-refractivity contribution < 1.29 is 4.74 Å². The topological polar surface area (TPSA) is 72.0 Å². The van der Waals surface area contributed by atoms with Gasteiger partial charge in [0.25, 0.3) is 0 Å². The average molecular weight is 262 g/mol. The zero-order chi connectivity index (χ0) is 13.1. The van der Waals surface area contributed by atoms with Crippen molar-refractivity contribution >= 4 is 17.4 Å². The molecule has 1 aromatic heterocycles. The van der Waals surface area contributed by atoms with Gasteiger partial charge in [0.2, 0.25) is 5.88 Å². The first-order chi connectivity index (χ1) is 8.58. The number of hydrogen-bond donors (Lipinski definition) is 2. The van der Waals surface area contributed by atoms with Gasteiger partial charge in [-0.3, -0.25) is 5.41 Å². The van der Waals surface area contributed by atoms with Crippen LogP contribution in [0.15, 0.2) is 36.5 Å². The number of nitrogen functional groups attached to an aromatic ring is 1. The van der Waals surface area contributed by atoms with Gasteiger partial charge in [-0.25, -0.2) is 4.98 Å². The van der Waals surface area contributed by atoms with Gasteiger partial charge in [0.1, 0.15) is 16.6 Å². The van der Waals surface area contributed by atoms with Crippen LogP contribution in [-0.4, -0.2) is 10.8 Å². The van der Waals surface area contributed by atoms with Crippen LogP contribution in [0.2, 0.25) is 5.02 Å². The maximum atomic E-state index is 7.40. The van der Waals surface area contributed by atoms with Crippen molar-refractivity contribution in [2.45, 2.75) is 6.92 Å². The second-order valence-corrected chi connectivity index (χ2v) is 4.19. The number of nitrogens with two attached hydrogens (primary N) is 1. The molecule has 0 saturated heterocycles. The van der Waals surface area contributed by atoms with E-state index in [0.717, 1.165) is 5.56 Å². The fourth-order valence-electron chi connectivity index (χ4n) is 1.49. The summed E-state index contributed by atoms with van der Waals surface area (Å²) >= 11 is 6.09. The zero-order valence-electron chi connectivity index (χ0n) is 9.77. The van der Waals surface area contributed by atoms with E-state index in [0.29, 0.717) is 11.3 Å². The number of aromatic nitrogens is 1. The van der Waals surface area contributed by atoms with E-state index in [9.17, 15) is 0 Å². The molecule has 0 radical (unpaired) electrons. The molecule has 3 N–H and O–H groups in total. The fourth-order valence-corrected chi connectivity index (χ4v) is 1.75. The van der Waals surface area contributed by atoms with Crippen molar-refractivity contribution in [3.05, 3.63) is 52.7 Å². The van der Waals surface area contributed by atoms with Gasteiger partial charge >= 0.3 is 0 Å². The van der Waals surface area contributed by atoms with E-state index >= 15 is 0 Å². The Morgan fingerprint density at radius 2 is 2.17 bits per heavy atom. The van der Waals surface area contributed by atoms with Gasteiger partial charge in [-0.05, 0) is 30.7 Å². The first-order valence-electron chi connectivity index (χ1n) is 5.31. The van der Waals surface area contributed by atoms with Crippen LogP contribution in [0.5, 0.6) is 11.6 Å². The Hall–Kier alpha value is -2.07. The molecule has 0 bridgehead atoms. The Morgan fingerprint density at radius 1 is 1.39 bits per heavy atom. The normalized spacial score (nSPS) is 10.1. The molecule has 0 unspecified atom stereocenters. The van der Waals surface area contributed by atoms with Gasteiger partial charge in [0.15, 0.2) is 0 Å². The summed E-state index contributed by atoms with van der Waals surface area (Å²) < 4.78 is 5.59. The number of halogens is 1. The number of ether oxygens (including phenoxy) is 1. The van der Waals surface area contributed by atoms with Crippen LogP contribution in [-0.2, 0) is 0 Å². The van der Waals surface area contributed by atoms with Crippen LogP contribution in [0.3, 0.4) is 0 Å². The van der Waals surface area contributed by atoms with Crippen molar-refractivity contribution in [3.8, 4) is 11.6 Å². The number of hydrogen-bond acceptors (Lipinski definition) is 3. The molecule has 0 amide bonds. The van der Waals surface area contributed by atoms with Gasteiger partial charge in [-0.1, -0.05) is 23.7 Å². The molecule has 4 nitrogen and oxygen atoms in total. The third kappa shape index (κ3) is 2.60. The maximum Gasteiger partial charge on any atom is 0.238 e. The zero-order valence-corrected chi connectivity index (χ0v) is 10.5. The van der Waals surface area contributed by atoms with Crippen LogP contribution < -0.4 is 10.5 Å². The van der Waals surface area contributed by atoms with E-state index in [1.807, 2.05) is 31.2 Å². The fraction of sp³-hybridized carbons (Fsp3) is 0.0769. The van der Waals surface area contributed by atoms with E-state index in [1.54, 1.807) is 6.07 Å². The summed E-state index contributed by atoms with van der Waals surface area (Å²) in [5.74, 6) is 0.775. The van der Waals surface area contributed by atoms with Gasteiger partial charge in [-0.2, -0.15) is 0 Å². The van der Waals surface area contributed by atoms with Crippen LogP contribution in [0, 0.1) is 12.3 Å². The summed E-state index contributed by atoms with van der Waals surface area (Å²) in [5, 5.41) is 7.64. The predicted octanol–water partition coefficient (Wildman–Crippen LogP) is 3.12.